The SMILES string of the molecule is CCCCOC(=O)c1ccc(NC(=O)CCCOc2ccc(OC)cc2)cc1. The molecule has 2 rings (SSSR count). The van der Waals surface area contributed by atoms with Crippen LogP contribution in [-0.2, 0) is 9.53 Å². The summed E-state index contributed by atoms with van der Waals surface area (Å²) < 4.78 is 15.8. The number of esters is 1. The van der Waals surface area contributed by atoms with Crippen LogP contribution in [-0.4, -0.2) is 32.2 Å². The third-order valence-electron chi connectivity index (χ3n) is 4.01. The van der Waals surface area contributed by atoms with E-state index in [1.54, 1.807) is 31.4 Å². The Labute approximate surface area is 165 Å². The van der Waals surface area contributed by atoms with Crippen molar-refractivity contribution in [2.24, 2.45) is 0 Å². The quantitative estimate of drug-likeness (QED) is 0.457. The first kappa shape index (κ1) is 21.3. The zero-order valence-electron chi connectivity index (χ0n) is 16.4. The number of carbonyl (C=O) groups is 2. The lowest BCUT2D eigenvalue weighted by Gasteiger charge is -2.08. The van der Waals surface area contributed by atoms with E-state index in [-0.39, 0.29) is 11.9 Å². The van der Waals surface area contributed by atoms with Crippen LogP contribution in [0.4, 0.5) is 5.69 Å². The van der Waals surface area contributed by atoms with Gasteiger partial charge in [-0.15, -0.1) is 0 Å². The highest BCUT2D eigenvalue weighted by molar-refractivity contribution is 5.93. The van der Waals surface area contributed by atoms with Gasteiger partial charge in [0.25, 0.3) is 0 Å². The van der Waals surface area contributed by atoms with Gasteiger partial charge in [-0.05, 0) is 61.4 Å². The predicted molar refractivity (Wildman–Crippen MR) is 108 cm³/mol. The summed E-state index contributed by atoms with van der Waals surface area (Å²) in [5.41, 5.74) is 1.12. The normalized spacial score (nSPS) is 10.2. The number of rotatable bonds is 11. The van der Waals surface area contributed by atoms with Crippen molar-refractivity contribution in [1.29, 1.82) is 0 Å². The molecule has 0 aromatic heterocycles. The topological polar surface area (TPSA) is 73.9 Å². The molecule has 0 bridgehead atoms. The monoisotopic (exact) mass is 385 g/mol. The molecule has 2 aromatic rings. The van der Waals surface area contributed by atoms with Gasteiger partial charge in [-0.3, -0.25) is 4.79 Å². The minimum absolute atomic E-state index is 0.100. The van der Waals surface area contributed by atoms with Crippen LogP contribution in [0.25, 0.3) is 0 Å². The van der Waals surface area contributed by atoms with Gasteiger partial charge in [0.1, 0.15) is 11.5 Å². The lowest BCUT2D eigenvalue weighted by atomic mass is 10.2. The standard InChI is InChI=1S/C22H27NO5/c1-3-4-15-28-22(25)17-7-9-18(10-8-17)23-21(24)6-5-16-27-20-13-11-19(26-2)12-14-20/h7-14H,3-6,15-16H2,1-2H3,(H,23,24). The molecule has 1 amide bonds. The van der Waals surface area contributed by atoms with Crippen LogP contribution in [0.15, 0.2) is 48.5 Å². The molecule has 2 aromatic carbocycles. The molecule has 150 valence electrons. The molecular formula is C22H27NO5. The Morgan fingerprint density at radius 3 is 2.21 bits per heavy atom. The Kier molecular flexibility index (Phi) is 8.85. The molecule has 0 heterocycles. The van der Waals surface area contributed by atoms with Crippen molar-refractivity contribution < 1.29 is 23.8 Å². The summed E-state index contributed by atoms with van der Waals surface area (Å²) in [6.07, 6.45) is 2.77. The minimum atomic E-state index is -0.345. The molecular weight excluding hydrogens is 358 g/mol. The van der Waals surface area contributed by atoms with Crippen LogP contribution in [0, 0.1) is 0 Å². The van der Waals surface area contributed by atoms with Crippen LogP contribution in [0.5, 0.6) is 11.5 Å². The number of benzene rings is 2. The summed E-state index contributed by atoms with van der Waals surface area (Å²) in [6.45, 7) is 2.91. The average molecular weight is 385 g/mol. The van der Waals surface area contributed by atoms with Crippen LogP contribution < -0.4 is 14.8 Å². The second kappa shape index (κ2) is 11.6. The van der Waals surface area contributed by atoms with Crippen LogP contribution >= 0.6 is 0 Å². The Morgan fingerprint density at radius 2 is 1.57 bits per heavy atom. The van der Waals surface area contributed by atoms with E-state index in [0.29, 0.717) is 37.3 Å². The lowest BCUT2D eigenvalue weighted by Crippen LogP contribution is -2.13. The van der Waals surface area contributed by atoms with Gasteiger partial charge >= 0.3 is 5.97 Å². The van der Waals surface area contributed by atoms with E-state index in [2.05, 4.69) is 5.32 Å². The number of anilines is 1. The number of nitrogens with one attached hydrogen (secondary N) is 1. The van der Waals surface area contributed by atoms with Gasteiger partial charge in [-0.1, -0.05) is 13.3 Å². The Morgan fingerprint density at radius 1 is 0.893 bits per heavy atom. The Hall–Kier alpha value is -3.02. The molecule has 0 atom stereocenters. The molecule has 0 aliphatic carbocycles. The molecule has 0 aliphatic heterocycles. The highest BCUT2D eigenvalue weighted by atomic mass is 16.5. The molecule has 0 fully saturated rings. The Bertz CT molecular complexity index is 741. The second-order valence-corrected chi connectivity index (χ2v) is 6.24. The van der Waals surface area contributed by atoms with Gasteiger partial charge in [0.05, 0.1) is 25.9 Å². The Balaban J connectivity index is 1.68. The highest BCUT2D eigenvalue weighted by Gasteiger charge is 2.08. The van der Waals surface area contributed by atoms with Gasteiger partial charge in [0.15, 0.2) is 0 Å². The molecule has 6 nitrogen and oxygen atoms in total. The van der Waals surface area contributed by atoms with Crippen molar-refractivity contribution in [2.75, 3.05) is 25.6 Å². The highest BCUT2D eigenvalue weighted by Crippen LogP contribution is 2.17. The molecule has 28 heavy (non-hydrogen) atoms. The second-order valence-electron chi connectivity index (χ2n) is 6.24. The fourth-order valence-corrected chi connectivity index (χ4v) is 2.40. The van der Waals surface area contributed by atoms with E-state index in [0.717, 1.165) is 24.3 Å². The maximum atomic E-state index is 12.0. The first-order valence-corrected chi connectivity index (χ1v) is 9.46. The van der Waals surface area contributed by atoms with Crippen molar-refractivity contribution >= 4 is 17.6 Å². The molecule has 0 aliphatic rings. The van der Waals surface area contributed by atoms with E-state index < -0.39 is 0 Å². The molecule has 1 N–H and O–H groups in total. The predicted octanol–water partition coefficient (Wildman–Crippen LogP) is 4.45. The molecule has 0 saturated carbocycles. The molecule has 0 spiro atoms. The maximum Gasteiger partial charge on any atom is 0.338 e. The van der Waals surface area contributed by atoms with Crippen molar-refractivity contribution in [2.45, 2.75) is 32.6 Å². The van der Waals surface area contributed by atoms with E-state index in [1.807, 2.05) is 31.2 Å². The van der Waals surface area contributed by atoms with Crippen molar-refractivity contribution in [3.63, 3.8) is 0 Å². The number of hydrogen-bond donors (Lipinski definition) is 1. The van der Waals surface area contributed by atoms with Gasteiger partial charge in [0, 0.05) is 12.1 Å². The van der Waals surface area contributed by atoms with Crippen LogP contribution in [0.3, 0.4) is 0 Å². The van der Waals surface area contributed by atoms with Crippen LogP contribution in [0.1, 0.15) is 43.0 Å². The van der Waals surface area contributed by atoms with Crippen molar-refractivity contribution in [3.05, 3.63) is 54.1 Å². The van der Waals surface area contributed by atoms with E-state index in [1.165, 1.54) is 0 Å². The fourth-order valence-electron chi connectivity index (χ4n) is 2.40. The number of hydrogen-bond acceptors (Lipinski definition) is 5. The van der Waals surface area contributed by atoms with Crippen molar-refractivity contribution in [1.82, 2.24) is 0 Å². The number of amides is 1. The summed E-state index contributed by atoms with van der Waals surface area (Å²) in [5, 5.41) is 2.81. The summed E-state index contributed by atoms with van der Waals surface area (Å²) >= 11 is 0. The largest absolute Gasteiger partial charge is 0.497 e. The van der Waals surface area contributed by atoms with Crippen molar-refractivity contribution in [3.8, 4) is 11.5 Å². The molecule has 6 heteroatoms. The zero-order valence-corrected chi connectivity index (χ0v) is 16.4. The first-order chi connectivity index (χ1) is 13.6. The van der Waals surface area contributed by atoms with Gasteiger partial charge in [-0.2, -0.15) is 0 Å². The summed E-state index contributed by atoms with van der Waals surface area (Å²) in [5.74, 6) is 1.06. The van der Waals surface area contributed by atoms with E-state index in [4.69, 9.17) is 14.2 Å². The third-order valence-corrected chi connectivity index (χ3v) is 4.01. The van der Waals surface area contributed by atoms with Crippen LogP contribution in [0.2, 0.25) is 0 Å². The number of ether oxygens (including phenoxy) is 3. The van der Waals surface area contributed by atoms with Gasteiger partial charge < -0.3 is 19.5 Å². The lowest BCUT2D eigenvalue weighted by molar-refractivity contribution is -0.116. The van der Waals surface area contributed by atoms with E-state index in [9.17, 15) is 9.59 Å². The summed E-state index contributed by atoms with van der Waals surface area (Å²) in [6, 6.07) is 14.0. The van der Waals surface area contributed by atoms with Gasteiger partial charge in [-0.25, -0.2) is 4.79 Å². The molecule has 0 saturated heterocycles. The fraction of sp³-hybridized carbons (Fsp3) is 0.364. The number of methoxy groups -OCH3 is 1. The maximum absolute atomic E-state index is 12.0. The number of unbranched alkanes of at least 4 members (excludes halogenated alkanes) is 1. The number of carbonyl (C=O) groups excluding carboxylic acids is 2. The smallest absolute Gasteiger partial charge is 0.338 e. The molecule has 0 radical (unpaired) electrons. The van der Waals surface area contributed by atoms with E-state index >= 15 is 0 Å². The molecule has 0 unspecified atom stereocenters. The summed E-state index contributed by atoms with van der Waals surface area (Å²) in [4.78, 5) is 23.9. The minimum Gasteiger partial charge on any atom is -0.497 e. The first-order valence-electron chi connectivity index (χ1n) is 9.46. The zero-order chi connectivity index (χ0) is 20.2. The van der Waals surface area contributed by atoms with Gasteiger partial charge in [0.2, 0.25) is 5.91 Å². The summed E-state index contributed by atoms with van der Waals surface area (Å²) in [7, 11) is 1.61. The third kappa shape index (κ3) is 7.31. The average Bonchev–Trinajstić information content (AvgIpc) is 2.72.